The molecule has 0 unspecified atom stereocenters. The monoisotopic (exact) mass is 258 g/mol. The van der Waals surface area contributed by atoms with E-state index in [0.717, 1.165) is 32.1 Å². The molecule has 0 amide bonds. The Balaban J connectivity index is 3.93. The molecule has 0 aromatic heterocycles. The summed E-state index contributed by atoms with van der Waals surface area (Å²) in [5.74, 6) is 0. The van der Waals surface area contributed by atoms with E-state index in [2.05, 4.69) is 27.4 Å². The first-order valence-corrected chi connectivity index (χ1v) is 9.26. The summed E-state index contributed by atoms with van der Waals surface area (Å²) in [4.78, 5) is 0. The molecule has 0 aliphatic carbocycles. The van der Waals surface area contributed by atoms with E-state index in [4.69, 9.17) is 8.85 Å². The quantitative estimate of drug-likeness (QED) is 0.376. The minimum absolute atomic E-state index is 0.827. The fourth-order valence-corrected chi connectivity index (χ4v) is 3.70. The van der Waals surface area contributed by atoms with Crippen LogP contribution in [0.5, 0.6) is 0 Å². The second-order valence-corrected chi connectivity index (χ2v) is 7.80. The minimum atomic E-state index is -2.08. The van der Waals surface area contributed by atoms with Gasteiger partial charge in [-0.15, -0.1) is 6.58 Å². The van der Waals surface area contributed by atoms with Gasteiger partial charge in [-0.3, -0.25) is 0 Å². The molecule has 0 N–H and O–H groups in total. The molecule has 0 heterocycles. The molecule has 0 radical (unpaired) electrons. The second-order valence-electron chi connectivity index (χ2n) is 4.48. The molecule has 0 atom stereocenters. The van der Waals surface area contributed by atoms with Crippen LogP contribution in [-0.2, 0) is 8.85 Å². The summed E-state index contributed by atoms with van der Waals surface area (Å²) in [7, 11) is -2.08. The Hall–Kier alpha value is -0.123. The number of hydrogen-bond acceptors (Lipinski definition) is 2. The van der Waals surface area contributed by atoms with Gasteiger partial charge in [0.1, 0.15) is 0 Å². The van der Waals surface area contributed by atoms with Crippen molar-refractivity contribution in [3.63, 3.8) is 0 Å². The van der Waals surface area contributed by atoms with E-state index < -0.39 is 8.56 Å². The molecule has 3 heteroatoms. The Kier molecular flexibility index (Phi) is 10.9. The Bertz CT molecular complexity index is 171. The first kappa shape index (κ1) is 16.9. The SMILES string of the molecule is C=C[Si](CC)(OCCCCC)OCCCCC. The van der Waals surface area contributed by atoms with Crippen LogP contribution < -0.4 is 0 Å². The van der Waals surface area contributed by atoms with Crippen molar-refractivity contribution in [1.29, 1.82) is 0 Å². The zero-order valence-corrected chi connectivity index (χ0v) is 13.0. The lowest BCUT2D eigenvalue weighted by atomic mass is 10.3. The highest BCUT2D eigenvalue weighted by atomic mass is 28.4. The molecule has 102 valence electrons. The second kappa shape index (κ2) is 11.0. The van der Waals surface area contributed by atoms with Crippen molar-refractivity contribution in [1.82, 2.24) is 0 Å². The first-order valence-electron chi connectivity index (χ1n) is 7.16. The molecule has 0 spiro atoms. The summed E-state index contributed by atoms with van der Waals surface area (Å²) < 4.78 is 12.0. The van der Waals surface area contributed by atoms with Gasteiger partial charge in [0.25, 0.3) is 0 Å². The minimum Gasteiger partial charge on any atom is -0.391 e. The first-order chi connectivity index (χ1) is 8.24. The summed E-state index contributed by atoms with van der Waals surface area (Å²) in [5.41, 5.74) is 1.95. The van der Waals surface area contributed by atoms with Gasteiger partial charge in [-0.1, -0.05) is 46.5 Å². The van der Waals surface area contributed by atoms with Crippen molar-refractivity contribution >= 4 is 8.56 Å². The van der Waals surface area contributed by atoms with Gasteiger partial charge < -0.3 is 8.85 Å². The average molecular weight is 258 g/mol. The molecule has 0 bridgehead atoms. The molecule has 0 aliphatic rings. The van der Waals surface area contributed by atoms with Crippen LogP contribution in [0.15, 0.2) is 12.3 Å². The summed E-state index contributed by atoms with van der Waals surface area (Å²) >= 11 is 0. The maximum Gasteiger partial charge on any atom is 0.364 e. The van der Waals surface area contributed by atoms with Crippen molar-refractivity contribution in [2.75, 3.05) is 13.2 Å². The van der Waals surface area contributed by atoms with E-state index in [9.17, 15) is 0 Å². The predicted molar refractivity (Wildman–Crippen MR) is 77.4 cm³/mol. The molecular formula is C14H30O2Si. The third kappa shape index (κ3) is 7.74. The molecule has 0 aliphatic heterocycles. The normalized spacial score (nSPS) is 11.7. The van der Waals surface area contributed by atoms with Crippen LogP contribution in [0, 0.1) is 0 Å². The van der Waals surface area contributed by atoms with E-state index in [1.807, 2.05) is 5.70 Å². The summed E-state index contributed by atoms with van der Waals surface area (Å²) in [6.45, 7) is 12.1. The van der Waals surface area contributed by atoms with Gasteiger partial charge in [-0.2, -0.15) is 0 Å². The maximum absolute atomic E-state index is 6.01. The summed E-state index contributed by atoms with van der Waals surface area (Å²) in [6, 6.07) is 0.967. The molecule has 0 aromatic carbocycles. The largest absolute Gasteiger partial charge is 0.391 e. The highest BCUT2D eigenvalue weighted by molar-refractivity contribution is 6.72. The van der Waals surface area contributed by atoms with Crippen molar-refractivity contribution in [3.05, 3.63) is 12.3 Å². The van der Waals surface area contributed by atoms with Crippen molar-refractivity contribution in [2.24, 2.45) is 0 Å². The molecule has 0 fully saturated rings. The Morgan fingerprint density at radius 2 is 1.35 bits per heavy atom. The molecule has 0 rings (SSSR count). The Morgan fingerprint density at radius 3 is 1.65 bits per heavy atom. The highest BCUT2D eigenvalue weighted by Crippen LogP contribution is 2.16. The van der Waals surface area contributed by atoms with Crippen LogP contribution in [0.2, 0.25) is 6.04 Å². The standard InChI is InChI=1S/C14H30O2Si/c1-5-9-11-13-15-17(7-3,8-4)16-14-12-10-6-2/h7H,3,5-6,8-14H2,1-2,4H3. The van der Waals surface area contributed by atoms with E-state index in [1.165, 1.54) is 25.7 Å². The van der Waals surface area contributed by atoms with Gasteiger partial charge in [0.15, 0.2) is 0 Å². The average Bonchev–Trinajstić information content (AvgIpc) is 2.37. The third-order valence-electron chi connectivity index (χ3n) is 2.99. The predicted octanol–water partition coefficient (Wildman–Crippen LogP) is 4.59. The van der Waals surface area contributed by atoms with Gasteiger partial charge >= 0.3 is 8.56 Å². The number of unbranched alkanes of at least 4 members (excludes halogenated alkanes) is 4. The fraction of sp³-hybridized carbons (Fsp3) is 0.857. The van der Waals surface area contributed by atoms with Gasteiger partial charge in [0.05, 0.1) is 0 Å². The lowest BCUT2D eigenvalue weighted by molar-refractivity contribution is 0.173. The maximum atomic E-state index is 6.01. The highest BCUT2D eigenvalue weighted by Gasteiger charge is 2.31. The van der Waals surface area contributed by atoms with E-state index in [0.29, 0.717) is 0 Å². The van der Waals surface area contributed by atoms with Crippen LogP contribution in [0.1, 0.15) is 59.3 Å². The van der Waals surface area contributed by atoms with E-state index in [1.54, 1.807) is 0 Å². The molecule has 0 saturated heterocycles. The van der Waals surface area contributed by atoms with Crippen molar-refractivity contribution in [3.8, 4) is 0 Å². The third-order valence-corrected chi connectivity index (χ3v) is 5.99. The summed E-state index contributed by atoms with van der Waals surface area (Å²) in [6.07, 6.45) is 7.21. The summed E-state index contributed by atoms with van der Waals surface area (Å²) in [5, 5.41) is 0. The van der Waals surface area contributed by atoms with E-state index >= 15 is 0 Å². The van der Waals surface area contributed by atoms with Gasteiger partial charge in [-0.05, 0) is 24.6 Å². The topological polar surface area (TPSA) is 18.5 Å². The smallest absolute Gasteiger partial charge is 0.364 e. The van der Waals surface area contributed by atoms with Crippen LogP contribution in [0.4, 0.5) is 0 Å². The van der Waals surface area contributed by atoms with Crippen LogP contribution >= 0.6 is 0 Å². The number of hydrogen-bond donors (Lipinski definition) is 0. The number of rotatable bonds is 12. The van der Waals surface area contributed by atoms with Crippen molar-refractivity contribution in [2.45, 2.75) is 65.3 Å². The Labute approximate surface area is 109 Å². The van der Waals surface area contributed by atoms with E-state index in [-0.39, 0.29) is 0 Å². The lowest BCUT2D eigenvalue weighted by Crippen LogP contribution is -2.40. The van der Waals surface area contributed by atoms with Gasteiger partial charge in [0.2, 0.25) is 0 Å². The molecule has 0 saturated carbocycles. The fourth-order valence-electron chi connectivity index (χ4n) is 1.70. The van der Waals surface area contributed by atoms with Gasteiger partial charge in [-0.25, -0.2) is 0 Å². The molecular weight excluding hydrogens is 228 g/mol. The van der Waals surface area contributed by atoms with Crippen LogP contribution in [-0.4, -0.2) is 21.8 Å². The van der Waals surface area contributed by atoms with Gasteiger partial charge in [0, 0.05) is 13.2 Å². The lowest BCUT2D eigenvalue weighted by Gasteiger charge is -2.26. The molecule has 0 aromatic rings. The van der Waals surface area contributed by atoms with Crippen LogP contribution in [0.25, 0.3) is 0 Å². The van der Waals surface area contributed by atoms with Crippen LogP contribution in [0.3, 0.4) is 0 Å². The molecule has 17 heavy (non-hydrogen) atoms. The zero-order valence-electron chi connectivity index (χ0n) is 12.0. The van der Waals surface area contributed by atoms with Crippen molar-refractivity contribution < 1.29 is 8.85 Å². The molecule has 2 nitrogen and oxygen atoms in total. The Morgan fingerprint density at radius 1 is 0.882 bits per heavy atom. The zero-order chi connectivity index (χ0) is 13.0.